The van der Waals surface area contributed by atoms with Gasteiger partial charge in [-0.1, -0.05) is 13.0 Å². The van der Waals surface area contributed by atoms with Crippen molar-refractivity contribution < 1.29 is 9.50 Å². The predicted octanol–water partition coefficient (Wildman–Crippen LogP) is 3.32. The molecule has 1 fully saturated rings. The van der Waals surface area contributed by atoms with Crippen molar-refractivity contribution in [1.82, 2.24) is 4.90 Å². The number of halogens is 1. The minimum absolute atomic E-state index is 0.0127. The third-order valence-corrected chi connectivity index (χ3v) is 3.76. The highest BCUT2D eigenvalue weighted by molar-refractivity contribution is 5.29. The van der Waals surface area contributed by atoms with E-state index in [2.05, 4.69) is 18.7 Å². The molecule has 3 heteroatoms. The Morgan fingerprint density at radius 1 is 1.41 bits per heavy atom. The van der Waals surface area contributed by atoms with Gasteiger partial charge in [0.05, 0.1) is 0 Å². The van der Waals surface area contributed by atoms with E-state index in [-0.39, 0.29) is 17.6 Å². The number of hydrogen-bond acceptors (Lipinski definition) is 2. The molecule has 17 heavy (non-hydrogen) atoms. The minimum Gasteiger partial charge on any atom is -0.508 e. The van der Waals surface area contributed by atoms with Crippen molar-refractivity contribution >= 4 is 0 Å². The molecule has 0 radical (unpaired) electrons. The van der Waals surface area contributed by atoms with Crippen LogP contribution >= 0.6 is 0 Å². The monoisotopic (exact) mass is 237 g/mol. The Morgan fingerprint density at radius 2 is 2.12 bits per heavy atom. The summed E-state index contributed by atoms with van der Waals surface area (Å²) in [5.74, 6) is 0.346. The van der Waals surface area contributed by atoms with E-state index in [9.17, 15) is 9.50 Å². The van der Waals surface area contributed by atoms with Crippen molar-refractivity contribution in [1.29, 1.82) is 0 Å². The molecule has 94 valence electrons. The average molecular weight is 237 g/mol. The van der Waals surface area contributed by atoms with Gasteiger partial charge in [0, 0.05) is 30.3 Å². The number of benzene rings is 1. The topological polar surface area (TPSA) is 23.5 Å². The van der Waals surface area contributed by atoms with Crippen LogP contribution in [0.1, 0.15) is 38.8 Å². The lowest BCUT2D eigenvalue weighted by Crippen LogP contribution is -2.30. The summed E-state index contributed by atoms with van der Waals surface area (Å²) < 4.78 is 13.8. The van der Waals surface area contributed by atoms with E-state index in [0.29, 0.717) is 17.5 Å². The predicted molar refractivity (Wildman–Crippen MR) is 66.4 cm³/mol. The molecule has 2 rings (SSSR count). The smallest absolute Gasteiger partial charge is 0.131 e. The van der Waals surface area contributed by atoms with Gasteiger partial charge in [0.1, 0.15) is 11.6 Å². The Balaban J connectivity index is 2.22. The lowest BCUT2D eigenvalue weighted by molar-refractivity contribution is 0.197. The molecule has 1 aliphatic heterocycles. The summed E-state index contributed by atoms with van der Waals surface area (Å²) in [4.78, 5) is 2.33. The fourth-order valence-corrected chi connectivity index (χ4v) is 2.91. The van der Waals surface area contributed by atoms with Gasteiger partial charge in [0.2, 0.25) is 0 Å². The largest absolute Gasteiger partial charge is 0.508 e. The highest BCUT2D eigenvalue weighted by atomic mass is 19.1. The molecule has 1 heterocycles. The van der Waals surface area contributed by atoms with E-state index in [1.165, 1.54) is 12.5 Å². The van der Waals surface area contributed by atoms with Crippen LogP contribution in [0.4, 0.5) is 4.39 Å². The molecule has 0 bridgehead atoms. The number of rotatable bonds is 2. The van der Waals surface area contributed by atoms with E-state index in [0.717, 1.165) is 6.54 Å². The first-order valence-corrected chi connectivity index (χ1v) is 6.23. The Kier molecular flexibility index (Phi) is 3.38. The third-order valence-electron chi connectivity index (χ3n) is 3.76. The Hall–Kier alpha value is -1.09. The van der Waals surface area contributed by atoms with Crippen LogP contribution in [0.25, 0.3) is 0 Å². The first kappa shape index (κ1) is 12.4. The highest BCUT2D eigenvalue weighted by Crippen LogP contribution is 2.33. The fourth-order valence-electron chi connectivity index (χ4n) is 2.91. The molecule has 0 aliphatic carbocycles. The summed E-state index contributed by atoms with van der Waals surface area (Å²) in [5.41, 5.74) is 0.670. The Labute approximate surface area is 102 Å². The summed E-state index contributed by atoms with van der Waals surface area (Å²) in [6, 6.07) is 4.99. The molecular formula is C14H20FNO. The summed E-state index contributed by atoms with van der Waals surface area (Å²) in [5, 5.41) is 9.23. The second-order valence-corrected chi connectivity index (χ2v) is 5.27. The van der Waals surface area contributed by atoms with Crippen molar-refractivity contribution in [3.8, 4) is 5.75 Å². The normalized spacial score (nSPS) is 27.3. The van der Waals surface area contributed by atoms with Crippen LogP contribution in [-0.2, 0) is 0 Å². The van der Waals surface area contributed by atoms with Crippen LogP contribution in [0.2, 0.25) is 0 Å². The van der Waals surface area contributed by atoms with Crippen molar-refractivity contribution in [3.05, 3.63) is 29.6 Å². The number of phenols is 1. The number of nitrogens with zero attached hydrogens (tertiary/aromatic N) is 1. The zero-order valence-electron chi connectivity index (χ0n) is 10.7. The lowest BCUT2D eigenvalue weighted by atomic mass is 10.1. The van der Waals surface area contributed by atoms with Gasteiger partial charge in [-0.25, -0.2) is 4.39 Å². The molecule has 0 aromatic heterocycles. The van der Waals surface area contributed by atoms with Crippen LogP contribution in [-0.4, -0.2) is 22.6 Å². The van der Waals surface area contributed by atoms with Crippen molar-refractivity contribution in [3.63, 3.8) is 0 Å². The first-order chi connectivity index (χ1) is 7.99. The molecule has 1 saturated heterocycles. The standard InChI is InChI=1S/C14H20FNO/c1-9-6-10(2)16(8-9)11(3)13-5-4-12(17)7-14(13)15/h4-5,7,9-11,17H,6,8H2,1-3H3. The van der Waals surface area contributed by atoms with Gasteiger partial charge < -0.3 is 5.11 Å². The van der Waals surface area contributed by atoms with E-state index < -0.39 is 0 Å². The third kappa shape index (κ3) is 2.44. The van der Waals surface area contributed by atoms with Gasteiger partial charge in [0.25, 0.3) is 0 Å². The van der Waals surface area contributed by atoms with E-state index in [4.69, 9.17) is 0 Å². The van der Waals surface area contributed by atoms with Gasteiger partial charge in [-0.3, -0.25) is 4.90 Å². The number of phenolic OH excluding ortho intramolecular Hbond substituents is 1. The molecule has 1 aromatic carbocycles. The number of aromatic hydroxyl groups is 1. The van der Waals surface area contributed by atoms with E-state index >= 15 is 0 Å². The summed E-state index contributed by atoms with van der Waals surface area (Å²) in [6.07, 6.45) is 1.17. The maximum atomic E-state index is 13.8. The zero-order chi connectivity index (χ0) is 12.6. The molecule has 0 amide bonds. The van der Waals surface area contributed by atoms with Crippen LogP contribution in [0.5, 0.6) is 5.75 Å². The van der Waals surface area contributed by atoms with Crippen LogP contribution in [0.3, 0.4) is 0 Å². The lowest BCUT2D eigenvalue weighted by Gasteiger charge is -2.29. The summed E-state index contributed by atoms with van der Waals surface area (Å²) in [6.45, 7) is 7.47. The second-order valence-electron chi connectivity index (χ2n) is 5.27. The van der Waals surface area contributed by atoms with E-state index in [1.807, 2.05) is 6.92 Å². The van der Waals surface area contributed by atoms with Gasteiger partial charge in [-0.05, 0) is 32.3 Å². The van der Waals surface area contributed by atoms with Gasteiger partial charge in [0.15, 0.2) is 0 Å². The first-order valence-electron chi connectivity index (χ1n) is 6.23. The van der Waals surface area contributed by atoms with Crippen molar-refractivity contribution in [2.24, 2.45) is 5.92 Å². The number of hydrogen-bond donors (Lipinski definition) is 1. The zero-order valence-corrected chi connectivity index (χ0v) is 10.7. The Bertz CT molecular complexity index is 407. The van der Waals surface area contributed by atoms with Crippen molar-refractivity contribution in [2.75, 3.05) is 6.54 Å². The highest BCUT2D eigenvalue weighted by Gasteiger charge is 2.31. The van der Waals surface area contributed by atoms with E-state index in [1.54, 1.807) is 12.1 Å². The van der Waals surface area contributed by atoms with Crippen molar-refractivity contribution in [2.45, 2.75) is 39.3 Å². The van der Waals surface area contributed by atoms with Gasteiger partial charge in [-0.15, -0.1) is 0 Å². The fraction of sp³-hybridized carbons (Fsp3) is 0.571. The molecule has 3 unspecified atom stereocenters. The summed E-state index contributed by atoms with van der Waals surface area (Å²) >= 11 is 0. The molecule has 1 N–H and O–H groups in total. The molecule has 0 spiro atoms. The quantitative estimate of drug-likeness (QED) is 0.853. The van der Waals surface area contributed by atoms with Crippen LogP contribution in [0, 0.1) is 11.7 Å². The molecular weight excluding hydrogens is 217 g/mol. The van der Waals surface area contributed by atoms with Crippen LogP contribution < -0.4 is 0 Å². The molecule has 1 aliphatic rings. The molecule has 0 saturated carbocycles. The maximum absolute atomic E-state index is 13.8. The second kappa shape index (κ2) is 4.65. The van der Waals surface area contributed by atoms with Crippen LogP contribution in [0.15, 0.2) is 18.2 Å². The summed E-state index contributed by atoms with van der Waals surface area (Å²) in [7, 11) is 0. The maximum Gasteiger partial charge on any atom is 0.131 e. The number of likely N-dealkylation sites (tertiary alicyclic amines) is 1. The molecule has 1 aromatic rings. The minimum atomic E-state index is -0.316. The van der Waals surface area contributed by atoms with Gasteiger partial charge >= 0.3 is 0 Å². The van der Waals surface area contributed by atoms with Gasteiger partial charge in [-0.2, -0.15) is 0 Å². The SMILES string of the molecule is CC1CC(C)N(C(C)c2ccc(O)cc2F)C1. The molecule has 3 atom stereocenters. The average Bonchev–Trinajstić information content (AvgIpc) is 2.57. The molecule has 2 nitrogen and oxygen atoms in total. The Morgan fingerprint density at radius 3 is 2.65 bits per heavy atom.